The Hall–Kier alpha value is -0.360. The lowest BCUT2D eigenvalue weighted by Crippen LogP contribution is -2.72. The molecule has 9 nitrogen and oxygen atoms in total. The molecule has 10 fully saturated rings. The molecule has 41 heavy (non-hydrogen) atoms. The first-order valence-corrected chi connectivity index (χ1v) is 16.6. The summed E-state index contributed by atoms with van der Waals surface area (Å²) >= 11 is 0. The van der Waals surface area contributed by atoms with Crippen molar-refractivity contribution in [3.05, 3.63) is 0 Å². The molecule has 2 aliphatic carbocycles. The van der Waals surface area contributed by atoms with Crippen LogP contribution in [-0.2, 0) is 38.5 Å². The maximum absolute atomic E-state index is 11.9. The molecule has 10 aliphatic rings. The van der Waals surface area contributed by atoms with Gasteiger partial charge < -0.3 is 24.1 Å². The lowest BCUT2D eigenvalue weighted by atomic mass is 9.56. The van der Waals surface area contributed by atoms with Gasteiger partial charge in [-0.05, 0) is 87.9 Å². The van der Waals surface area contributed by atoms with Crippen LogP contribution in [0.2, 0.25) is 0 Å². The Morgan fingerprint density at radius 3 is 1.71 bits per heavy atom. The summed E-state index contributed by atoms with van der Waals surface area (Å²) in [6.45, 7) is 13.0. The van der Waals surface area contributed by atoms with E-state index in [9.17, 15) is 5.11 Å². The highest BCUT2D eigenvalue weighted by molar-refractivity contribution is 5.12. The molecule has 2 spiro atoms. The van der Waals surface area contributed by atoms with Crippen molar-refractivity contribution in [1.82, 2.24) is 0 Å². The van der Waals surface area contributed by atoms with Gasteiger partial charge in [0.15, 0.2) is 23.8 Å². The van der Waals surface area contributed by atoms with E-state index in [1.165, 1.54) is 0 Å². The van der Waals surface area contributed by atoms with Crippen LogP contribution in [0.3, 0.4) is 0 Å². The molecule has 8 saturated heterocycles. The summed E-state index contributed by atoms with van der Waals surface area (Å²) in [4.78, 5) is 24.6. The number of fused-ring (bicyclic) bond motifs is 4. The largest absolute Gasteiger partial charge is 0.390 e. The van der Waals surface area contributed by atoms with Crippen molar-refractivity contribution in [2.24, 2.45) is 47.3 Å². The molecule has 1 N–H and O–H groups in total. The Morgan fingerprint density at radius 2 is 1.15 bits per heavy atom. The van der Waals surface area contributed by atoms with Crippen molar-refractivity contribution in [2.75, 3.05) is 0 Å². The van der Waals surface area contributed by atoms with Gasteiger partial charge in [-0.25, -0.2) is 19.6 Å². The fourth-order valence-corrected chi connectivity index (χ4v) is 11.0. The third kappa shape index (κ3) is 3.80. The van der Waals surface area contributed by atoms with Gasteiger partial charge in [0.25, 0.3) is 0 Å². The predicted molar refractivity (Wildman–Crippen MR) is 144 cm³/mol. The molecular weight excluding hydrogens is 528 g/mol. The number of hydrogen-bond donors (Lipinski definition) is 1. The average molecular weight is 579 g/mol. The molecule has 0 aromatic rings. The zero-order valence-corrected chi connectivity index (χ0v) is 25.6. The Labute approximate surface area is 244 Å². The van der Waals surface area contributed by atoms with Crippen LogP contribution in [0.4, 0.5) is 0 Å². The fraction of sp³-hybridized carbons (Fsp3) is 1.00. The molecule has 17 atom stereocenters. The first kappa shape index (κ1) is 28.1. The number of rotatable bonds is 3. The zero-order valence-electron chi connectivity index (χ0n) is 25.6. The molecule has 10 rings (SSSR count). The van der Waals surface area contributed by atoms with Gasteiger partial charge in [-0.3, -0.25) is 0 Å². The summed E-state index contributed by atoms with van der Waals surface area (Å²) < 4.78 is 26.7. The van der Waals surface area contributed by atoms with Gasteiger partial charge in [-0.2, -0.15) is 0 Å². The van der Waals surface area contributed by atoms with Crippen molar-refractivity contribution in [3.63, 3.8) is 0 Å². The molecule has 0 aromatic carbocycles. The second kappa shape index (κ2) is 9.33. The number of aliphatic hydroxyl groups excluding tert-OH is 1. The van der Waals surface area contributed by atoms with E-state index in [0.29, 0.717) is 30.1 Å². The van der Waals surface area contributed by atoms with Crippen LogP contribution in [0, 0.1) is 47.3 Å². The van der Waals surface area contributed by atoms with Crippen molar-refractivity contribution in [2.45, 2.75) is 153 Å². The third-order valence-corrected chi connectivity index (χ3v) is 13.4. The SMILES string of the molecule is C[C@H]1[C@@H]([C@@H](O)C[C@H]2O[C@@H]3O[C@]4(C)CC[C@H]5[C@H](C)CC[C@@H]([C@H]2C)[C@@]35OO4)O[C@@H]2O[C@]3(C)CC[C@H]4[C@H](C)CC[C@@H]1[C@@]24OO3. The standard InChI is InChI=1S/C32H50O9/c1-16-7-9-22-18(3)25(34-27-31(22)20(16)11-13-29(5,36-27)38-40-31)15-24(33)26-19(4)23-10-8-17(2)21-12-14-30(6)37-28(35-26)32(21,23)41-39-30/h16-28,33H,7-15H2,1-6H3/t16-,17-,18-,19-,20+,21+,22+,23+,24+,25-,26+,27-,28-,29+,30+,31-,32-/m1/s1. The minimum Gasteiger partial charge on any atom is -0.390 e. The average Bonchev–Trinajstić information content (AvgIpc) is 3.31. The monoisotopic (exact) mass is 578 g/mol. The van der Waals surface area contributed by atoms with Gasteiger partial charge in [0, 0.05) is 31.1 Å². The fourth-order valence-electron chi connectivity index (χ4n) is 11.0. The van der Waals surface area contributed by atoms with E-state index in [1.54, 1.807) is 0 Å². The molecule has 0 amide bonds. The number of ether oxygens (including phenoxy) is 4. The van der Waals surface area contributed by atoms with Crippen LogP contribution in [0.15, 0.2) is 0 Å². The summed E-state index contributed by atoms with van der Waals surface area (Å²) in [5, 5.41) is 11.9. The zero-order chi connectivity index (χ0) is 28.5. The van der Waals surface area contributed by atoms with Crippen LogP contribution in [0.1, 0.15) is 99.3 Å². The maximum Gasteiger partial charge on any atom is 0.201 e. The molecule has 0 aromatic heterocycles. The van der Waals surface area contributed by atoms with Crippen molar-refractivity contribution >= 4 is 0 Å². The first-order chi connectivity index (χ1) is 19.5. The summed E-state index contributed by atoms with van der Waals surface area (Å²) in [5.74, 6) is 0.712. The third-order valence-electron chi connectivity index (χ3n) is 13.4. The van der Waals surface area contributed by atoms with E-state index >= 15 is 0 Å². The summed E-state index contributed by atoms with van der Waals surface area (Å²) in [6, 6.07) is 0. The summed E-state index contributed by atoms with van der Waals surface area (Å²) in [5.41, 5.74) is -1.22. The second-order valence-corrected chi connectivity index (χ2v) is 15.6. The van der Waals surface area contributed by atoms with E-state index in [-0.39, 0.29) is 35.9 Å². The first-order valence-electron chi connectivity index (χ1n) is 16.6. The smallest absolute Gasteiger partial charge is 0.201 e. The highest BCUT2D eigenvalue weighted by atomic mass is 17.3. The van der Waals surface area contributed by atoms with Crippen molar-refractivity contribution < 1.29 is 43.6 Å². The van der Waals surface area contributed by atoms with Crippen LogP contribution in [0.5, 0.6) is 0 Å². The maximum atomic E-state index is 11.9. The van der Waals surface area contributed by atoms with Gasteiger partial charge in [0.05, 0.1) is 18.3 Å². The Bertz CT molecular complexity index is 1040. The Morgan fingerprint density at radius 1 is 0.634 bits per heavy atom. The van der Waals surface area contributed by atoms with Gasteiger partial charge in [0.1, 0.15) is 0 Å². The Kier molecular flexibility index (Phi) is 6.40. The van der Waals surface area contributed by atoms with E-state index in [2.05, 4.69) is 27.7 Å². The van der Waals surface area contributed by atoms with Gasteiger partial charge in [0.2, 0.25) is 11.6 Å². The molecule has 8 heterocycles. The van der Waals surface area contributed by atoms with Crippen LogP contribution in [0.25, 0.3) is 0 Å². The molecule has 0 unspecified atom stereocenters. The van der Waals surface area contributed by atoms with Crippen LogP contribution < -0.4 is 0 Å². The van der Waals surface area contributed by atoms with Crippen molar-refractivity contribution in [3.8, 4) is 0 Å². The topological polar surface area (TPSA) is 94.1 Å². The number of aliphatic hydroxyl groups is 1. The predicted octanol–water partition coefficient (Wildman–Crippen LogP) is 5.24. The summed E-state index contributed by atoms with van der Waals surface area (Å²) in [6.07, 6.45) is 6.07. The number of hydrogen-bond acceptors (Lipinski definition) is 9. The highest BCUT2D eigenvalue weighted by Gasteiger charge is 2.71. The van der Waals surface area contributed by atoms with Gasteiger partial charge >= 0.3 is 0 Å². The molecule has 9 heteroatoms. The molecule has 4 bridgehead atoms. The minimum atomic E-state index is -0.827. The van der Waals surface area contributed by atoms with E-state index in [0.717, 1.165) is 51.4 Å². The van der Waals surface area contributed by atoms with Crippen LogP contribution in [-0.4, -0.2) is 58.8 Å². The van der Waals surface area contributed by atoms with Crippen molar-refractivity contribution in [1.29, 1.82) is 0 Å². The molecule has 232 valence electrons. The van der Waals surface area contributed by atoms with E-state index in [1.807, 2.05) is 13.8 Å². The molecule has 2 saturated carbocycles. The molecule has 8 aliphatic heterocycles. The molecular formula is C32H50O9. The Balaban J connectivity index is 1.06. The lowest BCUT2D eigenvalue weighted by molar-refractivity contribution is -0.573. The van der Waals surface area contributed by atoms with E-state index < -0.39 is 41.5 Å². The normalized spacial score (nSPS) is 61.8. The second-order valence-electron chi connectivity index (χ2n) is 15.6. The lowest BCUT2D eigenvalue weighted by Gasteiger charge is -2.62. The van der Waals surface area contributed by atoms with E-state index in [4.69, 9.17) is 38.5 Å². The minimum absolute atomic E-state index is 0.0804. The molecule has 0 radical (unpaired) electrons. The van der Waals surface area contributed by atoms with Gasteiger partial charge in [-0.1, -0.05) is 27.7 Å². The summed E-state index contributed by atoms with van der Waals surface area (Å²) in [7, 11) is 0. The quantitative estimate of drug-likeness (QED) is 0.451. The van der Waals surface area contributed by atoms with Crippen LogP contribution >= 0.6 is 0 Å². The highest BCUT2D eigenvalue weighted by Crippen LogP contribution is 2.63. The van der Waals surface area contributed by atoms with Gasteiger partial charge in [-0.15, -0.1) is 0 Å².